The van der Waals surface area contributed by atoms with E-state index in [0.29, 0.717) is 0 Å². The van der Waals surface area contributed by atoms with Crippen LogP contribution < -0.4 is 5.32 Å². The lowest BCUT2D eigenvalue weighted by Gasteiger charge is -2.10. The summed E-state index contributed by atoms with van der Waals surface area (Å²) >= 11 is 2.33. The summed E-state index contributed by atoms with van der Waals surface area (Å²) in [5, 5.41) is 3.29. The quantitative estimate of drug-likeness (QED) is 0.848. The van der Waals surface area contributed by atoms with Crippen molar-refractivity contribution < 1.29 is 0 Å². The van der Waals surface area contributed by atoms with Crippen LogP contribution in [0.4, 0.5) is 5.82 Å². The molecule has 0 radical (unpaired) electrons. The molecule has 1 heterocycles. The van der Waals surface area contributed by atoms with E-state index in [0.717, 1.165) is 37.4 Å². The van der Waals surface area contributed by atoms with E-state index < -0.39 is 0 Å². The lowest BCUT2D eigenvalue weighted by Crippen LogP contribution is -2.09. The van der Waals surface area contributed by atoms with Crippen molar-refractivity contribution in [2.24, 2.45) is 0 Å². The van der Waals surface area contributed by atoms with Crippen LogP contribution in [0.15, 0.2) is 0 Å². The van der Waals surface area contributed by atoms with Gasteiger partial charge in [0.1, 0.15) is 11.6 Å². The van der Waals surface area contributed by atoms with Gasteiger partial charge < -0.3 is 5.32 Å². The molecule has 15 heavy (non-hydrogen) atoms. The largest absolute Gasteiger partial charge is 0.369 e. The number of aromatic nitrogens is 2. The average molecular weight is 319 g/mol. The second-order valence-corrected chi connectivity index (χ2v) is 4.46. The lowest BCUT2D eigenvalue weighted by molar-refractivity contribution is 0.825. The molecule has 1 N–H and O–H groups in total. The van der Waals surface area contributed by atoms with Crippen molar-refractivity contribution in [3.05, 3.63) is 15.1 Å². The zero-order chi connectivity index (χ0) is 11.3. The fourth-order valence-electron chi connectivity index (χ4n) is 1.39. The Morgan fingerprint density at radius 3 is 2.47 bits per heavy atom. The number of rotatable bonds is 5. The Labute approximate surface area is 105 Å². The second kappa shape index (κ2) is 6.25. The average Bonchev–Trinajstić information content (AvgIpc) is 2.24. The predicted octanol–water partition coefficient (Wildman–Crippen LogP) is 3.03. The van der Waals surface area contributed by atoms with Crippen LogP contribution in [0.5, 0.6) is 0 Å². The van der Waals surface area contributed by atoms with E-state index in [1.165, 1.54) is 9.26 Å². The van der Waals surface area contributed by atoms with Crippen LogP contribution >= 0.6 is 22.6 Å². The number of halogens is 1. The van der Waals surface area contributed by atoms with Gasteiger partial charge in [0.25, 0.3) is 0 Å². The Bertz CT molecular complexity index is 299. The highest BCUT2D eigenvalue weighted by Gasteiger charge is 2.09. The van der Waals surface area contributed by atoms with Crippen LogP contribution in [-0.2, 0) is 12.8 Å². The Balaban J connectivity index is 3.08. The molecule has 0 spiro atoms. The first-order chi connectivity index (χ1) is 7.22. The van der Waals surface area contributed by atoms with E-state index >= 15 is 0 Å². The van der Waals surface area contributed by atoms with Crippen LogP contribution in [0.3, 0.4) is 0 Å². The van der Waals surface area contributed by atoms with Gasteiger partial charge in [-0.05, 0) is 35.9 Å². The molecule has 0 aliphatic rings. The summed E-state index contributed by atoms with van der Waals surface area (Å²) in [5.41, 5.74) is 1.18. The summed E-state index contributed by atoms with van der Waals surface area (Å²) in [5.74, 6) is 1.93. The van der Waals surface area contributed by atoms with Crippen LogP contribution in [0.1, 0.15) is 38.7 Å². The first kappa shape index (κ1) is 12.7. The van der Waals surface area contributed by atoms with Gasteiger partial charge in [-0.1, -0.05) is 20.3 Å². The van der Waals surface area contributed by atoms with Crippen molar-refractivity contribution in [1.29, 1.82) is 0 Å². The summed E-state index contributed by atoms with van der Waals surface area (Å²) in [4.78, 5) is 9.06. The van der Waals surface area contributed by atoms with Gasteiger partial charge in [0.15, 0.2) is 0 Å². The third-order valence-electron chi connectivity index (χ3n) is 2.11. The molecule has 0 aliphatic carbocycles. The van der Waals surface area contributed by atoms with Crippen molar-refractivity contribution in [1.82, 2.24) is 9.97 Å². The monoisotopic (exact) mass is 319 g/mol. The molecule has 3 nitrogen and oxygen atoms in total. The molecule has 1 rings (SSSR count). The smallest absolute Gasteiger partial charge is 0.143 e. The van der Waals surface area contributed by atoms with Crippen LogP contribution in [0.25, 0.3) is 0 Å². The maximum absolute atomic E-state index is 4.56. The Kier molecular flexibility index (Phi) is 5.28. The molecule has 0 saturated carbocycles. The van der Waals surface area contributed by atoms with Crippen LogP contribution in [0, 0.1) is 3.57 Å². The van der Waals surface area contributed by atoms with Gasteiger partial charge in [-0.3, -0.25) is 0 Å². The van der Waals surface area contributed by atoms with Gasteiger partial charge in [0.05, 0.1) is 9.26 Å². The van der Waals surface area contributed by atoms with E-state index in [-0.39, 0.29) is 0 Å². The van der Waals surface area contributed by atoms with Crippen LogP contribution in [0.2, 0.25) is 0 Å². The fraction of sp³-hybridized carbons (Fsp3) is 0.636. The molecule has 1 aromatic rings. The molecule has 0 amide bonds. The van der Waals surface area contributed by atoms with Gasteiger partial charge >= 0.3 is 0 Å². The Morgan fingerprint density at radius 1 is 1.20 bits per heavy atom. The Morgan fingerprint density at radius 2 is 1.93 bits per heavy atom. The molecule has 1 aromatic heterocycles. The zero-order valence-corrected chi connectivity index (χ0v) is 11.8. The molecule has 0 bridgehead atoms. The van der Waals surface area contributed by atoms with Crippen LogP contribution in [-0.4, -0.2) is 16.5 Å². The van der Waals surface area contributed by atoms with E-state index in [1.54, 1.807) is 0 Å². The van der Waals surface area contributed by atoms with Crippen molar-refractivity contribution in [2.45, 2.75) is 40.0 Å². The molecular weight excluding hydrogens is 301 g/mol. The molecule has 0 aromatic carbocycles. The zero-order valence-electron chi connectivity index (χ0n) is 9.60. The molecule has 4 heteroatoms. The summed E-state index contributed by atoms with van der Waals surface area (Å²) in [6.07, 6.45) is 3.06. The van der Waals surface area contributed by atoms with Crippen molar-refractivity contribution in [2.75, 3.05) is 11.9 Å². The highest BCUT2D eigenvalue weighted by molar-refractivity contribution is 14.1. The highest BCUT2D eigenvalue weighted by Crippen LogP contribution is 2.20. The predicted molar refractivity (Wildman–Crippen MR) is 72.3 cm³/mol. The van der Waals surface area contributed by atoms with E-state index in [4.69, 9.17) is 0 Å². The summed E-state index contributed by atoms with van der Waals surface area (Å²) < 4.78 is 1.17. The fourth-order valence-corrected chi connectivity index (χ4v) is 2.09. The van der Waals surface area contributed by atoms with E-state index in [1.807, 2.05) is 0 Å². The molecule has 0 unspecified atom stereocenters. The standard InChI is InChI=1S/C11H18IN3/c1-4-7-8-10(12)11(13-6-3)15-9(5-2)14-8/h4-7H2,1-3H3,(H,13,14,15). The summed E-state index contributed by atoms with van der Waals surface area (Å²) in [6.45, 7) is 7.26. The minimum atomic E-state index is 0.895. The third kappa shape index (κ3) is 3.29. The number of anilines is 1. The number of hydrogen-bond donors (Lipinski definition) is 1. The van der Waals surface area contributed by atoms with E-state index in [2.05, 4.69) is 58.6 Å². The summed E-state index contributed by atoms with van der Waals surface area (Å²) in [7, 11) is 0. The number of nitrogens with one attached hydrogen (secondary N) is 1. The first-order valence-corrected chi connectivity index (χ1v) is 6.59. The molecule has 0 fully saturated rings. The Hall–Kier alpha value is -0.390. The number of hydrogen-bond acceptors (Lipinski definition) is 3. The lowest BCUT2D eigenvalue weighted by atomic mass is 10.2. The van der Waals surface area contributed by atoms with E-state index in [9.17, 15) is 0 Å². The van der Waals surface area contributed by atoms with Gasteiger partial charge in [-0.15, -0.1) is 0 Å². The highest BCUT2D eigenvalue weighted by atomic mass is 127. The summed E-state index contributed by atoms with van der Waals surface area (Å²) in [6, 6.07) is 0. The molecule has 0 aliphatic heterocycles. The van der Waals surface area contributed by atoms with Gasteiger partial charge in [0, 0.05) is 13.0 Å². The third-order valence-corrected chi connectivity index (χ3v) is 3.25. The molecule has 84 valence electrons. The number of aryl methyl sites for hydroxylation is 2. The van der Waals surface area contributed by atoms with Crippen molar-refractivity contribution in [3.8, 4) is 0 Å². The second-order valence-electron chi connectivity index (χ2n) is 3.38. The van der Waals surface area contributed by atoms with Crippen molar-refractivity contribution in [3.63, 3.8) is 0 Å². The minimum Gasteiger partial charge on any atom is -0.369 e. The normalized spacial score (nSPS) is 10.4. The maximum atomic E-state index is 4.56. The van der Waals surface area contributed by atoms with Crippen molar-refractivity contribution >= 4 is 28.4 Å². The van der Waals surface area contributed by atoms with Gasteiger partial charge in [0.2, 0.25) is 0 Å². The molecule has 0 saturated heterocycles. The molecular formula is C11H18IN3. The van der Waals surface area contributed by atoms with Gasteiger partial charge in [-0.2, -0.15) is 0 Å². The van der Waals surface area contributed by atoms with Gasteiger partial charge in [-0.25, -0.2) is 9.97 Å². The molecule has 0 atom stereocenters. The maximum Gasteiger partial charge on any atom is 0.143 e. The first-order valence-electron chi connectivity index (χ1n) is 5.52. The topological polar surface area (TPSA) is 37.8 Å². The SMILES string of the molecule is CCCc1nc(CC)nc(NCC)c1I. The minimum absolute atomic E-state index is 0.895. The number of nitrogens with zero attached hydrogens (tertiary/aromatic N) is 2.